The third-order valence-corrected chi connectivity index (χ3v) is 4.68. The number of aromatic nitrogens is 1. The summed E-state index contributed by atoms with van der Waals surface area (Å²) in [5.41, 5.74) is 0. The highest BCUT2D eigenvalue weighted by molar-refractivity contribution is 5.75. The first-order valence-corrected chi connectivity index (χ1v) is 8.15. The van der Waals surface area contributed by atoms with Gasteiger partial charge in [0.2, 0.25) is 0 Å². The zero-order chi connectivity index (χ0) is 15.4. The summed E-state index contributed by atoms with van der Waals surface area (Å²) in [6, 6.07) is 6.81. The Labute approximate surface area is 131 Å². The van der Waals surface area contributed by atoms with Crippen molar-refractivity contribution in [1.82, 2.24) is 20.5 Å². The number of carbonyl (C=O) groups excluding carboxylic acids is 1. The number of urea groups is 1. The highest BCUT2D eigenvalue weighted by atomic mass is 16.2. The zero-order valence-electron chi connectivity index (χ0n) is 13.2. The summed E-state index contributed by atoms with van der Waals surface area (Å²) in [6.07, 6.45) is 4.83. The van der Waals surface area contributed by atoms with Crippen molar-refractivity contribution in [1.29, 1.82) is 0 Å². The summed E-state index contributed by atoms with van der Waals surface area (Å²) < 4.78 is 0. The van der Waals surface area contributed by atoms with E-state index in [-0.39, 0.29) is 12.1 Å². The molecule has 0 aliphatic carbocycles. The second kappa shape index (κ2) is 6.96. The van der Waals surface area contributed by atoms with E-state index in [1.54, 1.807) is 0 Å². The van der Waals surface area contributed by atoms with Gasteiger partial charge < -0.3 is 20.4 Å². The van der Waals surface area contributed by atoms with Gasteiger partial charge in [-0.05, 0) is 38.4 Å². The summed E-state index contributed by atoms with van der Waals surface area (Å²) in [5, 5.41) is 6.43. The summed E-state index contributed by atoms with van der Waals surface area (Å²) in [4.78, 5) is 20.9. The van der Waals surface area contributed by atoms with Gasteiger partial charge in [0, 0.05) is 44.5 Å². The van der Waals surface area contributed by atoms with Crippen LogP contribution in [0.5, 0.6) is 0 Å². The van der Waals surface area contributed by atoms with Crippen molar-refractivity contribution in [3.05, 3.63) is 24.4 Å². The van der Waals surface area contributed by atoms with Crippen molar-refractivity contribution < 1.29 is 4.79 Å². The van der Waals surface area contributed by atoms with Crippen LogP contribution in [0.3, 0.4) is 0 Å². The van der Waals surface area contributed by atoms with E-state index in [4.69, 9.17) is 0 Å². The maximum atomic E-state index is 12.3. The minimum Gasteiger partial charge on any atom is -0.356 e. The second-order valence-corrected chi connectivity index (χ2v) is 6.12. The third-order valence-electron chi connectivity index (χ3n) is 4.68. The number of likely N-dealkylation sites (tertiary alicyclic amines) is 1. The Hall–Kier alpha value is -1.82. The normalized spacial score (nSPS) is 22.9. The lowest BCUT2D eigenvalue weighted by atomic mass is 10.1. The fraction of sp³-hybridized carbons (Fsp3) is 0.625. The van der Waals surface area contributed by atoms with E-state index < -0.39 is 0 Å². The van der Waals surface area contributed by atoms with Crippen LogP contribution in [0.25, 0.3) is 0 Å². The van der Waals surface area contributed by atoms with Gasteiger partial charge in [0.1, 0.15) is 5.82 Å². The van der Waals surface area contributed by atoms with Crippen LogP contribution >= 0.6 is 0 Å². The van der Waals surface area contributed by atoms with Crippen LogP contribution in [-0.2, 0) is 0 Å². The van der Waals surface area contributed by atoms with Crippen molar-refractivity contribution in [2.45, 2.75) is 31.3 Å². The second-order valence-electron chi connectivity index (χ2n) is 6.12. The Kier molecular flexibility index (Phi) is 4.77. The summed E-state index contributed by atoms with van der Waals surface area (Å²) in [5.74, 6) is 1.03. The lowest BCUT2D eigenvalue weighted by Gasteiger charge is -2.33. The molecule has 1 atom stereocenters. The number of piperidine rings is 1. The minimum atomic E-state index is 0.0917. The molecule has 2 saturated heterocycles. The Balaban J connectivity index is 1.45. The molecule has 0 saturated carbocycles. The van der Waals surface area contributed by atoms with Gasteiger partial charge in [-0.1, -0.05) is 6.07 Å². The highest BCUT2D eigenvalue weighted by Gasteiger charge is 2.28. The van der Waals surface area contributed by atoms with E-state index in [1.165, 1.54) is 0 Å². The number of hydrogen-bond donors (Lipinski definition) is 2. The fourth-order valence-electron chi connectivity index (χ4n) is 3.24. The minimum absolute atomic E-state index is 0.0917. The number of carbonyl (C=O) groups is 1. The van der Waals surface area contributed by atoms with E-state index in [1.807, 2.05) is 36.3 Å². The highest BCUT2D eigenvalue weighted by Crippen LogP contribution is 2.18. The molecule has 2 amide bonds. The van der Waals surface area contributed by atoms with E-state index in [0.717, 1.165) is 51.3 Å². The molecule has 3 rings (SSSR count). The van der Waals surface area contributed by atoms with Gasteiger partial charge in [0.05, 0.1) is 0 Å². The Morgan fingerprint density at radius 3 is 2.59 bits per heavy atom. The van der Waals surface area contributed by atoms with E-state index in [0.29, 0.717) is 6.04 Å². The smallest absolute Gasteiger partial charge is 0.317 e. The molecule has 2 fully saturated rings. The molecule has 1 aromatic heterocycles. The summed E-state index contributed by atoms with van der Waals surface area (Å²) in [7, 11) is 1.96. The van der Waals surface area contributed by atoms with Crippen LogP contribution in [0.15, 0.2) is 24.4 Å². The number of hydrogen-bond acceptors (Lipinski definition) is 4. The molecule has 2 N–H and O–H groups in total. The monoisotopic (exact) mass is 303 g/mol. The van der Waals surface area contributed by atoms with Crippen LogP contribution < -0.4 is 15.5 Å². The van der Waals surface area contributed by atoms with Gasteiger partial charge in [0.25, 0.3) is 0 Å². The maximum Gasteiger partial charge on any atom is 0.317 e. The lowest BCUT2D eigenvalue weighted by molar-refractivity contribution is 0.201. The molecular weight excluding hydrogens is 278 g/mol. The number of nitrogens with one attached hydrogen (secondary N) is 2. The average molecular weight is 303 g/mol. The topological polar surface area (TPSA) is 60.5 Å². The molecule has 6 nitrogen and oxygen atoms in total. The van der Waals surface area contributed by atoms with Crippen molar-refractivity contribution in [3.63, 3.8) is 0 Å². The predicted molar refractivity (Wildman–Crippen MR) is 87.0 cm³/mol. The number of anilines is 1. The van der Waals surface area contributed by atoms with Crippen LogP contribution in [-0.4, -0.2) is 61.2 Å². The maximum absolute atomic E-state index is 12.3. The van der Waals surface area contributed by atoms with E-state index >= 15 is 0 Å². The molecule has 0 unspecified atom stereocenters. The third kappa shape index (κ3) is 3.50. The van der Waals surface area contributed by atoms with Crippen molar-refractivity contribution in [2.24, 2.45) is 0 Å². The van der Waals surface area contributed by atoms with Gasteiger partial charge in [-0.25, -0.2) is 9.78 Å². The first-order valence-electron chi connectivity index (χ1n) is 8.15. The first kappa shape index (κ1) is 15.1. The lowest BCUT2D eigenvalue weighted by Crippen LogP contribution is -2.49. The predicted octanol–water partition coefficient (Wildman–Crippen LogP) is 1.05. The van der Waals surface area contributed by atoms with Gasteiger partial charge in [-0.3, -0.25) is 0 Å². The van der Waals surface area contributed by atoms with Gasteiger partial charge in [-0.15, -0.1) is 0 Å². The van der Waals surface area contributed by atoms with Crippen LogP contribution in [0, 0.1) is 0 Å². The van der Waals surface area contributed by atoms with E-state index in [2.05, 4.69) is 20.5 Å². The van der Waals surface area contributed by atoms with Gasteiger partial charge in [0.15, 0.2) is 0 Å². The van der Waals surface area contributed by atoms with Gasteiger partial charge >= 0.3 is 6.03 Å². The molecule has 3 heterocycles. The molecule has 6 heteroatoms. The standard InChI is InChI=1S/C16H25N5O/c1-17-14-7-11-21(12-14)16(22)19-13-5-9-20(10-6-13)15-4-2-3-8-18-15/h2-4,8,13-14,17H,5-7,9-12H2,1H3,(H,19,22)/t14-/m1/s1. The van der Waals surface area contributed by atoms with Crippen molar-refractivity contribution in [2.75, 3.05) is 38.1 Å². The largest absolute Gasteiger partial charge is 0.356 e. The van der Waals surface area contributed by atoms with Gasteiger partial charge in [-0.2, -0.15) is 0 Å². The van der Waals surface area contributed by atoms with Crippen molar-refractivity contribution >= 4 is 11.8 Å². The Morgan fingerprint density at radius 1 is 1.18 bits per heavy atom. The number of amides is 2. The SMILES string of the molecule is CN[C@@H]1CCN(C(=O)NC2CCN(c3ccccn3)CC2)C1. The number of pyridine rings is 1. The van der Waals surface area contributed by atoms with Crippen LogP contribution in [0.1, 0.15) is 19.3 Å². The zero-order valence-corrected chi connectivity index (χ0v) is 13.2. The molecule has 2 aliphatic heterocycles. The Morgan fingerprint density at radius 2 is 1.95 bits per heavy atom. The average Bonchev–Trinajstić information content (AvgIpc) is 3.06. The quantitative estimate of drug-likeness (QED) is 0.876. The molecule has 1 aromatic rings. The Bertz CT molecular complexity index is 487. The molecule has 22 heavy (non-hydrogen) atoms. The number of likely N-dealkylation sites (N-methyl/N-ethyl adjacent to an activating group) is 1. The molecule has 0 radical (unpaired) electrons. The molecular formula is C16H25N5O. The van der Waals surface area contributed by atoms with E-state index in [9.17, 15) is 4.79 Å². The number of nitrogens with zero attached hydrogens (tertiary/aromatic N) is 3. The van der Waals surface area contributed by atoms with Crippen LogP contribution in [0.2, 0.25) is 0 Å². The molecule has 2 aliphatic rings. The molecule has 0 spiro atoms. The van der Waals surface area contributed by atoms with Crippen LogP contribution in [0.4, 0.5) is 10.6 Å². The molecule has 0 aromatic carbocycles. The fourth-order valence-corrected chi connectivity index (χ4v) is 3.24. The summed E-state index contributed by atoms with van der Waals surface area (Å²) >= 11 is 0. The number of rotatable bonds is 3. The molecule has 120 valence electrons. The van der Waals surface area contributed by atoms with Crippen molar-refractivity contribution in [3.8, 4) is 0 Å². The molecule has 0 bridgehead atoms. The first-order chi connectivity index (χ1) is 10.8. The summed E-state index contributed by atoms with van der Waals surface area (Å²) in [6.45, 7) is 3.56.